The van der Waals surface area contributed by atoms with Gasteiger partial charge in [0.15, 0.2) is 0 Å². The van der Waals surface area contributed by atoms with Crippen LogP contribution in [0.4, 0.5) is 0 Å². The molecule has 1 saturated heterocycles. The number of carbonyl (C=O) groups is 1. The van der Waals surface area contributed by atoms with E-state index in [0.29, 0.717) is 19.1 Å². The van der Waals surface area contributed by atoms with Gasteiger partial charge in [-0.25, -0.2) is 0 Å². The van der Waals surface area contributed by atoms with Crippen molar-refractivity contribution in [2.45, 2.75) is 50.3 Å². The first-order valence-corrected chi connectivity index (χ1v) is 6.44. The Morgan fingerprint density at radius 1 is 1.35 bits per heavy atom. The van der Waals surface area contributed by atoms with E-state index in [9.17, 15) is 4.79 Å². The van der Waals surface area contributed by atoms with Crippen LogP contribution in [0.5, 0.6) is 0 Å². The maximum absolute atomic E-state index is 11.0. The molecule has 1 aliphatic heterocycles. The number of rotatable bonds is 7. The Morgan fingerprint density at radius 3 is 2.65 bits per heavy atom. The van der Waals surface area contributed by atoms with Gasteiger partial charge in [0.2, 0.25) is 0 Å². The molecule has 2 aliphatic rings. The maximum atomic E-state index is 11.0. The number of aliphatic carboxylic acids is 1. The fourth-order valence-electron chi connectivity index (χ4n) is 2.01. The van der Waals surface area contributed by atoms with Gasteiger partial charge >= 0.3 is 5.97 Å². The van der Waals surface area contributed by atoms with Crippen LogP contribution in [-0.2, 0) is 14.3 Å². The van der Waals surface area contributed by atoms with Crippen molar-refractivity contribution >= 4 is 5.97 Å². The zero-order valence-corrected chi connectivity index (χ0v) is 10.1. The van der Waals surface area contributed by atoms with Crippen molar-refractivity contribution in [3.63, 3.8) is 0 Å². The highest BCUT2D eigenvalue weighted by molar-refractivity contribution is 5.73. The fraction of sp³-hybridized carbons (Fsp3) is 0.917. The van der Waals surface area contributed by atoms with Crippen LogP contribution in [0.2, 0.25) is 0 Å². The van der Waals surface area contributed by atoms with Gasteiger partial charge in [-0.05, 0) is 32.1 Å². The summed E-state index contributed by atoms with van der Waals surface area (Å²) in [5.74, 6) is -0.771. The second kappa shape index (κ2) is 6.33. The third-order valence-electron chi connectivity index (χ3n) is 3.24. The second-order valence-corrected chi connectivity index (χ2v) is 4.80. The summed E-state index contributed by atoms with van der Waals surface area (Å²) in [4.78, 5) is 11.0. The minimum absolute atomic E-state index is 0.249. The lowest BCUT2D eigenvalue weighted by Crippen LogP contribution is -2.39. The first-order valence-electron chi connectivity index (χ1n) is 6.44. The van der Waals surface area contributed by atoms with Gasteiger partial charge in [0.25, 0.3) is 0 Å². The quantitative estimate of drug-likeness (QED) is 0.691. The molecule has 1 saturated carbocycles. The van der Waals surface area contributed by atoms with Gasteiger partial charge in [0.05, 0.1) is 6.10 Å². The zero-order valence-electron chi connectivity index (χ0n) is 10.1. The molecular formula is C12H21NO4. The van der Waals surface area contributed by atoms with E-state index in [1.165, 1.54) is 0 Å². The summed E-state index contributed by atoms with van der Waals surface area (Å²) in [5, 5.41) is 12.2. The van der Waals surface area contributed by atoms with E-state index in [0.717, 1.165) is 38.9 Å². The molecule has 0 radical (unpaired) electrons. The largest absolute Gasteiger partial charge is 0.480 e. The molecule has 1 atom stereocenters. The Kier molecular flexibility index (Phi) is 4.76. The van der Waals surface area contributed by atoms with E-state index >= 15 is 0 Å². The van der Waals surface area contributed by atoms with Gasteiger partial charge in [0.1, 0.15) is 6.04 Å². The topological polar surface area (TPSA) is 67.8 Å². The van der Waals surface area contributed by atoms with Gasteiger partial charge in [-0.15, -0.1) is 0 Å². The monoisotopic (exact) mass is 243 g/mol. The first kappa shape index (κ1) is 12.8. The van der Waals surface area contributed by atoms with Crippen LogP contribution in [0.3, 0.4) is 0 Å². The zero-order chi connectivity index (χ0) is 12.1. The predicted octanol–water partition coefficient (Wildman–Crippen LogP) is 0.777. The molecule has 2 rings (SSSR count). The number of carboxylic acids is 1. The SMILES string of the molecule is O=C(O)C(CCOC1CCOCC1)NC1CC1. The molecule has 0 spiro atoms. The number of nitrogens with one attached hydrogen (secondary N) is 1. The molecule has 0 aromatic heterocycles. The van der Waals surface area contributed by atoms with Crippen LogP contribution in [-0.4, -0.2) is 49.1 Å². The van der Waals surface area contributed by atoms with Crippen molar-refractivity contribution in [3.8, 4) is 0 Å². The molecule has 0 bridgehead atoms. The van der Waals surface area contributed by atoms with Crippen molar-refractivity contribution in [2.24, 2.45) is 0 Å². The van der Waals surface area contributed by atoms with Crippen LogP contribution in [0, 0.1) is 0 Å². The Bertz CT molecular complexity index is 249. The Morgan fingerprint density at radius 2 is 2.06 bits per heavy atom. The van der Waals surface area contributed by atoms with Gasteiger partial charge in [-0.3, -0.25) is 4.79 Å². The Hall–Kier alpha value is -0.650. The Balaban J connectivity index is 1.62. The molecule has 2 N–H and O–H groups in total. The van der Waals surface area contributed by atoms with Crippen LogP contribution in [0.15, 0.2) is 0 Å². The minimum Gasteiger partial charge on any atom is -0.480 e. The summed E-state index contributed by atoms with van der Waals surface area (Å²) in [6.07, 6.45) is 4.85. The minimum atomic E-state index is -0.771. The lowest BCUT2D eigenvalue weighted by atomic mass is 10.1. The van der Waals surface area contributed by atoms with Gasteiger partial charge in [0, 0.05) is 25.9 Å². The highest BCUT2D eigenvalue weighted by Gasteiger charge is 2.28. The molecule has 1 aliphatic carbocycles. The second-order valence-electron chi connectivity index (χ2n) is 4.80. The molecule has 1 unspecified atom stereocenters. The molecule has 0 aromatic rings. The number of hydrogen-bond donors (Lipinski definition) is 2. The molecule has 1 heterocycles. The lowest BCUT2D eigenvalue weighted by Gasteiger charge is -2.23. The number of hydrogen-bond acceptors (Lipinski definition) is 4. The average Bonchev–Trinajstić information content (AvgIpc) is 3.13. The first-order chi connectivity index (χ1) is 8.25. The molecule has 5 heteroatoms. The highest BCUT2D eigenvalue weighted by Crippen LogP contribution is 2.20. The number of carboxylic acid groups (broad SMARTS) is 1. The maximum Gasteiger partial charge on any atom is 0.320 e. The summed E-state index contributed by atoms with van der Waals surface area (Å²) in [7, 11) is 0. The highest BCUT2D eigenvalue weighted by atomic mass is 16.5. The van der Waals surface area contributed by atoms with Gasteiger partial charge in [-0.1, -0.05) is 0 Å². The lowest BCUT2D eigenvalue weighted by molar-refractivity contribution is -0.140. The molecule has 17 heavy (non-hydrogen) atoms. The molecular weight excluding hydrogens is 222 g/mol. The smallest absolute Gasteiger partial charge is 0.320 e. The van der Waals surface area contributed by atoms with E-state index in [-0.39, 0.29) is 6.10 Å². The van der Waals surface area contributed by atoms with Crippen molar-refractivity contribution < 1.29 is 19.4 Å². The van der Waals surface area contributed by atoms with Crippen LogP contribution in [0.1, 0.15) is 32.1 Å². The normalized spacial score (nSPS) is 23.5. The molecule has 2 fully saturated rings. The summed E-state index contributed by atoms with van der Waals surface area (Å²) < 4.78 is 10.9. The van der Waals surface area contributed by atoms with Crippen molar-refractivity contribution in [3.05, 3.63) is 0 Å². The van der Waals surface area contributed by atoms with Gasteiger partial charge in [-0.2, -0.15) is 0 Å². The summed E-state index contributed by atoms with van der Waals surface area (Å²) in [6, 6.07) is -0.0403. The third kappa shape index (κ3) is 4.61. The third-order valence-corrected chi connectivity index (χ3v) is 3.24. The number of ether oxygens (including phenoxy) is 2. The van der Waals surface area contributed by atoms with Crippen LogP contribution >= 0.6 is 0 Å². The van der Waals surface area contributed by atoms with Crippen LogP contribution in [0.25, 0.3) is 0 Å². The molecule has 5 nitrogen and oxygen atoms in total. The summed E-state index contributed by atoms with van der Waals surface area (Å²) in [5.41, 5.74) is 0. The Labute approximate surface area is 101 Å². The predicted molar refractivity (Wildman–Crippen MR) is 62.0 cm³/mol. The van der Waals surface area contributed by atoms with E-state index in [2.05, 4.69) is 5.32 Å². The van der Waals surface area contributed by atoms with Crippen LogP contribution < -0.4 is 5.32 Å². The molecule has 0 amide bonds. The standard InChI is InChI=1S/C12H21NO4/c14-12(15)11(13-9-1-2-9)5-8-17-10-3-6-16-7-4-10/h9-11,13H,1-8H2,(H,14,15). The van der Waals surface area contributed by atoms with E-state index in [1.54, 1.807) is 0 Å². The fourth-order valence-corrected chi connectivity index (χ4v) is 2.01. The van der Waals surface area contributed by atoms with E-state index < -0.39 is 12.0 Å². The van der Waals surface area contributed by atoms with E-state index in [1.807, 2.05) is 0 Å². The van der Waals surface area contributed by atoms with E-state index in [4.69, 9.17) is 14.6 Å². The van der Waals surface area contributed by atoms with Crippen molar-refractivity contribution in [2.75, 3.05) is 19.8 Å². The van der Waals surface area contributed by atoms with Crippen molar-refractivity contribution in [1.82, 2.24) is 5.32 Å². The molecule has 98 valence electrons. The average molecular weight is 243 g/mol. The summed E-state index contributed by atoms with van der Waals surface area (Å²) >= 11 is 0. The van der Waals surface area contributed by atoms with Crippen molar-refractivity contribution in [1.29, 1.82) is 0 Å². The van der Waals surface area contributed by atoms with Gasteiger partial charge < -0.3 is 19.9 Å². The summed E-state index contributed by atoms with van der Waals surface area (Å²) in [6.45, 7) is 2.03. The molecule has 0 aromatic carbocycles.